The highest BCUT2D eigenvalue weighted by Gasteiger charge is 2.30. The van der Waals surface area contributed by atoms with E-state index in [1.807, 2.05) is 18.2 Å². The minimum absolute atomic E-state index is 0.0197. The number of fused-ring (bicyclic) bond motifs is 2. The lowest BCUT2D eigenvalue weighted by molar-refractivity contribution is 0.171. The first-order valence-corrected chi connectivity index (χ1v) is 11.7. The number of piperidine rings is 1. The topological polar surface area (TPSA) is 98.9 Å². The highest BCUT2D eigenvalue weighted by molar-refractivity contribution is 7.88. The minimum atomic E-state index is -3.22. The Bertz CT molecular complexity index is 1140. The van der Waals surface area contributed by atoms with Crippen LogP contribution in [0.3, 0.4) is 0 Å². The van der Waals surface area contributed by atoms with Crippen molar-refractivity contribution in [2.75, 3.05) is 32.6 Å². The first kappa shape index (κ1) is 17.8. The SMILES string of the molecule is CS(=O)(=O)N1CCCC(c2nnc3sc(-c4ccc5c(c4)OCCO5)nn23)C1. The number of hydrogen-bond acceptors (Lipinski definition) is 8. The predicted molar refractivity (Wildman–Crippen MR) is 103 cm³/mol. The van der Waals surface area contributed by atoms with Gasteiger partial charge in [-0.1, -0.05) is 11.3 Å². The normalized spacial score (nSPS) is 20.5. The number of rotatable bonds is 3. The number of ether oxygens (including phenoxy) is 2. The van der Waals surface area contributed by atoms with Crippen LogP contribution in [-0.4, -0.2) is 65.1 Å². The van der Waals surface area contributed by atoms with Gasteiger partial charge in [-0.3, -0.25) is 0 Å². The van der Waals surface area contributed by atoms with Crippen LogP contribution in [0.1, 0.15) is 24.6 Å². The number of aromatic nitrogens is 4. The molecule has 0 N–H and O–H groups in total. The second-order valence-corrected chi connectivity index (χ2v) is 9.92. The molecule has 1 aromatic carbocycles. The lowest BCUT2D eigenvalue weighted by Gasteiger charge is -2.29. The van der Waals surface area contributed by atoms with E-state index in [1.54, 1.807) is 4.52 Å². The molecule has 2 aliphatic heterocycles. The molecule has 1 unspecified atom stereocenters. The number of benzene rings is 1. The van der Waals surface area contributed by atoms with Crippen LogP contribution >= 0.6 is 11.3 Å². The second kappa shape index (κ2) is 6.68. The summed E-state index contributed by atoms with van der Waals surface area (Å²) in [6.07, 6.45) is 2.91. The van der Waals surface area contributed by atoms with Gasteiger partial charge in [-0.05, 0) is 31.0 Å². The van der Waals surface area contributed by atoms with Crippen molar-refractivity contribution in [1.82, 2.24) is 24.1 Å². The van der Waals surface area contributed by atoms with E-state index in [4.69, 9.17) is 14.6 Å². The van der Waals surface area contributed by atoms with E-state index in [9.17, 15) is 8.42 Å². The summed E-state index contributed by atoms with van der Waals surface area (Å²) in [4.78, 5) is 0.691. The summed E-state index contributed by atoms with van der Waals surface area (Å²) >= 11 is 1.44. The van der Waals surface area contributed by atoms with Crippen LogP contribution in [0.15, 0.2) is 18.2 Å². The first-order valence-electron chi connectivity index (χ1n) is 9.06. The van der Waals surface area contributed by atoms with Gasteiger partial charge in [-0.25, -0.2) is 12.7 Å². The van der Waals surface area contributed by atoms with Crippen LogP contribution in [0, 0.1) is 0 Å². The fourth-order valence-electron chi connectivity index (χ4n) is 3.63. The Balaban J connectivity index is 1.48. The largest absolute Gasteiger partial charge is 0.486 e. The molecule has 5 rings (SSSR count). The van der Waals surface area contributed by atoms with Crippen molar-refractivity contribution in [3.8, 4) is 22.1 Å². The van der Waals surface area contributed by atoms with Gasteiger partial charge in [0.25, 0.3) is 0 Å². The van der Waals surface area contributed by atoms with Crippen molar-refractivity contribution >= 4 is 26.3 Å². The average molecular weight is 422 g/mol. The quantitative estimate of drug-likeness (QED) is 0.635. The van der Waals surface area contributed by atoms with Crippen molar-refractivity contribution in [2.24, 2.45) is 0 Å². The first-order chi connectivity index (χ1) is 13.5. The van der Waals surface area contributed by atoms with Gasteiger partial charge in [0, 0.05) is 24.6 Å². The maximum Gasteiger partial charge on any atom is 0.234 e. The van der Waals surface area contributed by atoms with Crippen LogP contribution < -0.4 is 9.47 Å². The van der Waals surface area contributed by atoms with E-state index < -0.39 is 10.0 Å². The second-order valence-electron chi connectivity index (χ2n) is 6.98. The van der Waals surface area contributed by atoms with Crippen LogP contribution in [0.4, 0.5) is 0 Å². The highest BCUT2D eigenvalue weighted by Crippen LogP contribution is 2.36. The summed E-state index contributed by atoms with van der Waals surface area (Å²) in [5.41, 5.74) is 0.923. The van der Waals surface area contributed by atoms with E-state index in [1.165, 1.54) is 21.9 Å². The lowest BCUT2D eigenvalue weighted by atomic mass is 9.99. The Labute approximate surface area is 165 Å². The lowest BCUT2D eigenvalue weighted by Crippen LogP contribution is -2.38. The Morgan fingerprint density at radius 2 is 2.00 bits per heavy atom. The molecule has 1 fully saturated rings. The third-order valence-corrected chi connectivity index (χ3v) is 7.24. The molecule has 9 nitrogen and oxygen atoms in total. The molecule has 0 amide bonds. The van der Waals surface area contributed by atoms with E-state index in [0.29, 0.717) is 42.8 Å². The Kier molecular flexibility index (Phi) is 4.25. The number of hydrogen-bond donors (Lipinski definition) is 0. The molecule has 0 spiro atoms. The van der Waals surface area contributed by atoms with E-state index >= 15 is 0 Å². The molecular weight excluding hydrogens is 402 g/mol. The Morgan fingerprint density at radius 1 is 1.18 bits per heavy atom. The van der Waals surface area contributed by atoms with E-state index in [0.717, 1.165) is 29.2 Å². The molecule has 1 atom stereocenters. The molecule has 0 bridgehead atoms. The van der Waals surface area contributed by atoms with Gasteiger partial charge in [-0.15, -0.1) is 10.2 Å². The predicted octanol–water partition coefficient (Wildman–Crippen LogP) is 1.76. The maximum absolute atomic E-state index is 11.9. The van der Waals surface area contributed by atoms with E-state index in [2.05, 4.69) is 10.2 Å². The molecule has 2 aliphatic rings. The van der Waals surface area contributed by atoms with Crippen molar-refractivity contribution < 1.29 is 17.9 Å². The molecule has 148 valence electrons. The summed E-state index contributed by atoms with van der Waals surface area (Å²) in [7, 11) is -3.22. The zero-order valence-corrected chi connectivity index (χ0v) is 16.9. The number of sulfonamides is 1. The summed E-state index contributed by atoms with van der Waals surface area (Å²) in [6, 6.07) is 5.76. The molecule has 1 saturated heterocycles. The molecule has 0 radical (unpaired) electrons. The van der Waals surface area contributed by atoms with Crippen molar-refractivity contribution in [3.63, 3.8) is 0 Å². The van der Waals surface area contributed by atoms with Crippen molar-refractivity contribution in [3.05, 3.63) is 24.0 Å². The molecule has 4 heterocycles. The zero-order valence-electron chi connectivity index (χ0n) is 15.2. The van der Waals surface area contributed by atoms with Crippen LogP contribution in [0.25, 0.3) is 15.5 Å². The van der Waals surface area contributed by atoms with E-state index in [-0.39, 0.29) is 5.92 Å². The van der Waals surface area contributed by atoms with Gasteiger partial charge in [0.1, 0.15) is 18.2 Å². The molecule has 2 aromatic heterocycles. The summed E-state index contributed by atoms with van der Waals surface area (Å²) in [5.74, 6) is 2.14. The van der Waals surface area contributed by atoms with Crippen LogP contribution in [0.2, 0.25) is 0 Å². The van der Waals surface area contributed by atoms with Crippen LogP contribution in [0.5, 0.6) is 11.5 Å². The fourth-order valence-corrected chi connectivity index (χ4v) is 5.39. The fraction of sp³-hybridized carbons (Fsp3) is 0.471. The average Bonchev–Trinajstić information content (AvgIpc) is 3.28. The molecule has 28 heavy (non-hydrogen) atoms. The van der Waals surface area contributed by atoms with Gasteiger partial charge in [0.15, 0.2) is 17.3 Å². The van der Waals surface area contributed by atoms with Gasteiger partial charge < -0.3 is 9.47 Å². The summed E-state index contributed by atoms with van der Waals surface area (Å²) in [6.45, 7) is 2.05. The highest BCUT2D eigenvalue weighted by atomic mass is 32.2. The molecular formula is C17H19N5O4S2. The maximum atomic E-state index is 11.9. The Hall–Kier alpha value is -2.24. The smallest absolute Gasteiger partial charge is 0.234 e. The van der Waals surface area contributed by atoms with Crippen molar-refractivity contribution in [1.29, 1.82) is 0 Å². The summed E-state index contributed by atoms with van der Waals surface area (Å²) in [5, 5.41) is 14.1. The van der Waals surface area contributed by atoms with Gasteiger partial charge in [0.2, 0.25) is 15.0 Å². The summed E-state index contributed by atoms with van der Waals surface area (Å²) < 4.78 is 38.3. The minimum Gasteiger partial charge on any atom is -0.486 e. The Morgan fingerprint density at radius 3 is 2.82 bits per heavy atom. The van der Waals surface area contributed by atoms with Gasteiger partial charge >= 0.3 is 0 Å². The van der Waals surface area contributed by atoms with Gasteiger partial charge in [-0.2, -0.15) is 9.61 Å². The van der Waals surface area contributed by atoms with Gasteiger partial charge in [0.05, 0.1) is 6.26 Å². The third kappa shape index (κ3) is 3.12. The van der Waals surface area contributed by atoms with Crippen LogP contribution in [-0.2, 0) is 10.0 Å². The number of nitrogens with zero attached hydrogens (tertiary/aromatic N) is 5. The monoisotopic (exact) mass is 421 g/mol. The zero-order chi connectivity index (χ0) is 19.3. The molecule has 0 aliphatic carbocycles. The van der Waals surface area contributed by atoms with Crippen molar-refractivity contribution in [2.45, 2.75) is 18.8 Å². The molecule has 11 heteroatoms. The molecule has 3 aromatic rings. The standard InChI is InChI=1S/C17H19N5O4S2/c1-28(23,24)21-6-2-3-12(10-21)15-18-19-17-22(15)20-16(27-17)11-4-5-13-14(9-11)26-8-7-25-13/h4-5,9,12H,2-3,6-8,10H2,1H3. The third-order valence-electron chi connectivity index (χ3n) is 5.02. The molecule has 0 saturated carbocycles.